The van der Waals surface area contributed by atoms with Crippen molar-refractivity contribution in [2.24, 2.45) is 0 Å². The van der Waals surface area contributed by atoms with Crippen LogP contribution >= 0.6 is 11.6 Å². The fraction of sp³-hybridized carbons (Fsp3) is 0.500. The van der Waals surface area contributed by atoms with Gasteiger partial charge in [-0.3, -0.25) is 0 Å². The third kappa shape index (κ3) is 4.08. The maximum Gasteiger partial charge on any atom is 0.147 e. The summed E-state index contributed by atoms with van der Waals surface area (Å²) in [7, 11) is 0. The van der Waals surface area contributed by atoms with Gasteiger partial charge >= 0.3 is 0 Å². The second-order valence-electron chi connectivity index (χ2n) is 3.81. The Bertz CT molecular complexity index is 314. The zero-order valence-electron chi connectivity index (χ0n) is 9.19. The molecular formula is C12H17ClFN. The van der Waals surface area contributed by atoms with Crippen molar-refractivity contribution >= 4 is 17.3 Å². The molecule has 0 saturated heterocycles. The van der Waals surface area contributed by atoms with Crippen LogP contribution in [0, 0.1) is 5.82 Å². The molecule has 0 aliphatic carbocycles. The van der Waals surface area contributed by atoms with E-state index in [-0.39, 0.29) is 5.82 Å². The Balaban J connectivity index is 2.56. The molecule has 3 heteroatoms. The average Bonchev–Trinajstić information content (AvgIpc) is 2.19. The molecular weight excluding hydrogens is 213 g/mol. The number of benzene rings is 1. The third-order valence-electron chi connectivity index (χ3n) is 2.32. The Labute approximate surface area is 95.6 Å². The molecule has 1 aromatic rings. The van der Waals surface area contributed by atoms with Crippen LogP contribution in [0.25, 0.3) is 0 Å². The summed E-state index contributed by atoms with van der Waals surface area (Å²) in [6, 6.07) is 5.00. The summed E-state index contributed by atoms with van der Waals surface area (Å²) in [5.41, 5.74) is 0.531. The highest BCUT2D eigenvalue weighted by Gasteiger charge is 2.06. The zero-order chi connectivity index (χ0) is 11.3. The fourth-order valence-corrected chi connectivity index (χ4v) is 1.61. The lowest BCUT2D eigenvalue weighted by Crippen LogP contribution is -2.15. The summed E-state index contributed by atoms with van der Waals surface area (Å²) in [6.07, 6.45) is 3.37. The minimum atomic E-state index is -0.286. The Kier molecular flexibility index (Phi) is 4.89. The smallest absolute Gasteiger partial charge is 0.147 e. The maximum absolute atomic E-state index is 13.4. The minimum Gasteiger partial charge on any atom is -0.380 e. The molecule has 0 spiro atoms. The predicted molar refractivity (Wildman–Crippen MR) is 64.0 cm³/mol. The van der Waals surface area contributed by atoms with Gasteiger partial charge in [0.05, 0.1) is 5.69 Å². The summed E-state index contributed by atoms with van der Waals surface area (Å²) in [4.78, 5) is 0. The summed E-state index contributed by atoms with van der Waals surface area (Å²) >= 11 is 5.67. The predicted octanol–water partition coefficient (Wildman–Crippen LogP) is 4.47. The molecule has 1 atom stereocenters. The van der Waals surface area contributed by atoms with Crippen LogP contribution in [-0.2, 0) is 0 Å². The van der Waals surface area contributed by atoms with Crippen molar-refractivity contribution < 1.29 is 4.39 Å². The first-order chi connectivity index (χ1) is 7.13. The van der Waals surface area contributed by atoms with Crippen molar-refractivity contribution in [1.29, 1.82) is 0 Å². The van der Waals surface area contributed by atoms with Crippen LogP contribution in [0.5, 0.6) is 0 Å². The van der Waals surface area contributed by atoms with E-state index in [4.69, 9.17) is 11.6 Å². The molecule has 0 aliphatic heterocycles. The zero-order valence-corrected chi connectivity index (χ0v) is 9.94. The van der Waals surface area contributed by atoms with E-state index in [9.17, 15) is 4.39 Å². The number of hydrogen-bond acceptors (Lipinski definition) is 1. The first-order valence-electron chi connectivity index (χ1n) is 5.35. The van der Waals surface area contributed by atoms with E-state index in [1.54, 1.807) is 12.1 Å². The molecule has 0 amide bonds. The molecule has 1 N–H and O–H groups in total. The topological polar surface area (TPSA) is 12.0 Å². The van der Waals surface area contributed by atoms with Crippen LogP contribution in [0.3, 0.4) is 0 Å². The first-order valence-corrected chi connectivity index (χ1v) is 5.73. The van der Waals surface area contributed by atoms with Gasteiger partial charge in [-0.25, -0.2) is 4.39 Å². The van der Waals surface area contributed by atoms with Crippen molar-refractivity contribution in [2.45, 2.75) is 39.2 Å². The lowest BCUT2D eigenvalue weighted by molar-refractivity contribution is 0.612. The van der Waals surface area contributed by atoms with Gasteiger partial charge < -0.3 is 5.32 Å². The molecule has 0 aromatic heterocycles. The molecule has 15 heavy (non-hydrogen) atoms. The Morgan fingerprint density at radius 3 is 2.80 bits per heavy atom. The highest BCUT2D eigenvalue weighted by molar-refractivity contribution is 6.30. The summed E-state index contributed by atoms with van der Waals surface area (Å²) in [5.74, 6) is -0.286. The molecule has 0 aliphatic rings. The van der Waals surface area contributed by atoms with Gasteiger partial charge in [-0.1, -0.05) is 31.4 Å². The van der Waals surface area contributed by atoms with E-state index in [0.29, 0.717) is 16.8 Å². The van der Waals surface area contributed by atoms with Crippen LogP contribution in [0.4, 0.5) is 10.1 Å². The summed E-state index contributed by atoms with van der Waals surface area (Å²) < 4.78 is 13.4. The second kappa shape index (κ2) is 5.96. The number of hydrogen-bond donors (Lipinski definition) is 1. The molecule has 0 saturated carbocycles. The van der Waals surface area contributed by atoms with E-state index < -0.39 is 0 Å². The number of unbranched alkanes of at least 4 members (excludes halogenated alkanes) is 1. The highest BCUT2D eigenvalue weighted by atomic mass is 35.5. The largest absolute Gasteiger partial charge is 0.380 e. The molecule has 1 unspecified atom stereocenters. The minimum absolute atomic E-state index is 0.286. The molecule has 0 radical (unpaired) electrons. The van der Waals surface area contributed by atoms with Gasteiger partial charge in [0, 0.05) is 11.1 Å². The monoisotopic (exact) mass is 229 g/mol. The van der Waals surface area contributed by atoms with Crippen molar-refractivity contribution in [2.75, 3.05) is 5.32 Å². The van der Waals surface area contributed by atoms with Gasteiger partial charge in [-0.2, -0.15) is 0 Å². The van der Waals surface area contributed by atoms with Gasteiger partial charge in [0.1, 0.15) is 5.82 Å². The molecule has 1 nitrogen and oxygen atoms in total. The van der Waals surface area contributed by atoms with Gasteiger partial charge in [0.2, 0.25) is 0 Å². The average molecular weight is 230 g/mol. The SMILES string of the molecule is CCCCC(C)Nc1ccc(Cl)cc1F. The van der Waals surface area contributed by atoms with Crippen molar-refractivity contribution in [3.05, 3.63) is 29.0 Å². The maximum atomic E-state index is 13.4. The van der Waals surface area contributed by atoms with Crippen LogP contribution in [-0.4, -0.2) is 6.04 Å². The molecule has 84 valence electrons. The van der Waals surface area contributed by atoms with Crippen molar-refractivity contribution in [3.63, 3.8) is 0 Å². The van der Waals surface area contributed by atoms with Gasteiger partial charge in [0.15, 0.2) is 0 Å². The van der Waals surface area contributed by atoms with Crippen molar-refractivity contribution in [3.8, 4) is 0 Å². The number of nitrogens with one attached hydrogen (secondary N) is 1. The van der Waals surface area contributed by atoms with E-state index in [1.807, 2.05) is 0 Å². The molecule has 0 fully saturated rings. The van der Waals surface area contributed by atoms with E-state index in [1.165, 1.54) is 6.07 Å². The Morgan fingerprint density at radius 2 is 2.20 bits per heavy atom. The lowest BCUT2D eigenvalue weighted by Gasteiger charge is -2.15. The summed E-state index contributed by atoms with van der Waals surface area (Å²) in [6.45, 7) is 4.21. The van der Waals surface area contributed by atoms with E-state index >= 15 is 0 Å². The van der Waals surface area contributed by atoms with Crippen LogP contribution in [0.1, 0.15) is 33.1 Å². The van der Waals surface area contributed by atoms with E-state index in [2.05, 4.69) is 19.2 Å². The quantitative estimate of drug-likeness (QED) is 0.786. The van der Waals surface area contributed by atoms with Gasteiger partial charge in [-0.15, -0.1) is 0 Å². The molecule has 0 bridgehead atoms. The van der Waals surface area contributed by atoms with Crippen LogP contribution < -0.4 is 5.32 Å². The molecule has 1 rings (SSSR count). The number of anilines is 1. The standard InChI is InChI=1S/C12H17ClFN/c1-3-4-5-9(2)15-12-7-6-10(13)8-11(12)14/h6-9,15H,3-5H2,1-2H3. The third-order valence-corrected chi connectivity index (χ3v) is 2.56. The van der Waals surface area contributed by atoms with Crippen LogP contribution in [0.2, 0.25) is 5.02 Å². The lowest BCUT2D eigenvalue weighted by atomic mass is 10.1. The Morgan fingerprint density at radius 1 is 1.47 bits per heavy atom. The molecule has 1 aromatic carbocycles. The second-order valence-corrected chi connectivity index (χ2v) is 4.25. The summed E-state index contributed by atoms with van der Waals surface area (Å²) in [5, 5.41) is 3.57. The Hall–Kier alpha value is -0.760. The number of halogens is 2. The van der Waals surface area contributed by atoms with Crippen LogP contribution in [0.15, 0.2) is 18.2 Å². The number of rotatable bonds is 5. The van der Waals surface area contributed by atoms with Crippen molar-refractivity contribution in [1.82, 2.24) is 0 Å². The molecule has 0 heterocycles. The highest BCUT2D eigenvalue weighted by Crippen LogP contribution is 2.20. The van der Waals surface area contributed by atoms with Gasteiger partial charge in [-0.05, 0) is 31.5 Å². The first kappa shape index (κ1) is 12.3. The van der Waals surface area contributed by atoms with Gasteiger partial charge in [0.25, 0.3) is 0 Å². The normalized spacial score (nSPS) is 12.5. The fourth-order valence-electron chi connectivity index (χ4n) is 1.45. The van der Waals surface area contributed by atoms with E-state index in [0.717, 1.165) is 19.3 Å².